The molecule has 3 rings (SSSR count). The number of alkyl halides is 3. The summed E-state index contributed by atoms with van der Waals surface area (Å²) in [4.78, 5) is 18.8. The standard InChI is InChI=1S/C15H13F3N4O2/c1-7-10(8(2)24-22-7)6-13(23)21-14-19-11-4-3-9(15(16,17)18)5-12(11)20-14/h3-5H,6H2,1-2H3,(H2,19,20,21,23). The quantitative estimate of drug-likeness (QED) is 0.767. The van der Waals surface area contributed by atoms with E-state index in [2.05, 4.69) is 20.4 Å². The van der Waals surface area contributed by atoms with Crippen LogP contribution in [-0.4, -0.2) is 21.0 Å². The first-order valence-electron chi connectivity index (χ1n) is 7.02. The number of aryl methyl sites for hydroxylation is 2. The fourth-order valence-corrected chi connectivity index (χ4v) is 2.34. The first kappa shape index (κ1) is 16.0. The minimum atomic E-state index is -4.44. The fourth-order valence-electron chi connectivity index (χ4n) is 2.34. The second-order valence-corrected chi connectivity index (χ2v) is 5.34. The average Bonchev–Trinajstić information content (AvgIpc) is 3.02. The van der Waals surface area contributed by atoms with Crippen LogP contribution in [0.2, 0.25) is 0 Å². The molecule has 1 amide bonds. The van der Waals surface area contributed by atoms with Crippen molar-refractivity contribution in [1.82, 2.24) is 15.1 Å². The van der Waals surface area contributed by atoms with Crippen LogP contribution in [0.25, 0.3) is 11.0 Å². The van der Waals surface area contributed by atoms with Crippen LogP contribution in [0.15, 0.2) is 22.7 Å². The number of fused-ring (bicyclic) bond motifs is 1. The molecule has 1 aromatic carbocycles. The number of carbonyl (C=O) groups is 1. The molecule has 6 nitrogen and oxygen atoms in total. The number of nitrogens with one attached hydrogen (secondary N) is 2. The normalized spacial score (nSPS) is 11.9. The van der Waals surface area contributed by atoms with Gasteiger partial charge in [-0.15, -0.1) is 0 Å². The van der Waals surface area contributed by atoms with Crippen molar-refractivity contribution in [3.05, 3.63) is 40.8 Å². The Balaban J connectivity index is 1.79. The van der Waals surface area contributed by atoms with E-state index in [0.29, 0.717) is 22.5 Å². The first-order valence-corrected chi connectivity index (χ1v) is 7.02. The van der Waals surface area contributed by atoms with E-state index in [1.165, 1.54) is 6.07 Å². The second-order valence-electron chi connectivity index (χ2n) is 5.34. The monoisotopic (exact) mass is 338 g/mol. The number of carbonyl (C=O) groups excluding carboxylic acids is 1. The van der Waals surface area contributed by atoms with Gasteiger partial charge in [-0.2, -0.15) is 13.2 Å². The molecule has 3 aromatic rings. The van der Waals surface area contributed by atoms with Gasteiger partial charge in [0.15, 0.2) is 0 Å². The van der Waals surface area contributed by atoms with Gasteiger partial charge in [-0.1, -0.05) is 5.16 Å². The largest absolute Gasteiger partial charge is 0.416 e. The van der Waals surface area contributed by atoms with E-state index in [4.69, 9.17) is 4.52 Å². The van der Waals surface area contributed by atoms with Gasteiger partial charge < -0.3 is 9.51 Å². The number of hydrogen-bond acceptors (Lipinski definition) is 4. The van der Waals surface area contributed by atoms with Crippen molar-refractivity contribution >= 4 is 22.9 Å². The molecule has 0 aliphatic carbocycles. The molecule has 2 heterocycles. The summed E-state index contributed by atoms with van der Waals surface area (Å²) in [5, 5.41) is 6.28. The second kappa shape index (κ2) is 5.66. The minimum absolute atomic E-state index is 0.0337. The van der Waals surface area contributed by atoms with E-state index in [0.717, 1.165) is 12.1 Å². The third-order valence-corrected chi connectivity index (χ3v) is 3.59. The topological polar surface area (TPSA) is 83.8 Å². The van der Waals surface area contributed by atoms with Crippen LogP contribution >= 0.6 is 0 Å². The Kier molecular flexibility index (Phi) is 3.78. The molecule has 0 radical (unpaired) electrons. The Hall–Kier alpha value is -2.84. The summed E-state index contributed by atoms with van der Waals surface area (Å²) < 4.78 is 43.1. The predicted octanol–water partition coefficient (Wildman–Crippen LogP) is 3.37. The van der Waals surface area contributed by atoms with Gasteiger partial charge in [-0.25, -0.2) is 4.98 Å². The lowest BCUT2D eigenvalue weighted by Crippen LogP contribution is -2.16. The molecule has 0 saturated heterocycles. The maximum Gasteiger partial charge on any atom is 0.416 e. The summed E-state index contributed by atoms with van der Waals surface area (Å²) in [6.45, 7) is 3.42. The number of hydrogen-bond donors (Lipinski definition) is 2. The van der Waals surface area contributed by atoms with Crippen molar-refractivity contribution in [1.29, 1.82) is 0 Å². The van der Waals surface area contributed by atoms with Gasteiger partial charge in [0, 0.05) is 5.56 Å². The number of aromatic nitrogens is 3. The zero-order valence-corrected chi connectivity index (χ0v) is 12.8. The number of rotatable bonds is 3. The number of amides is 1. The molecule has 0 aliphatic heterocycles. The van der Waals surface area contributed by atoms with Crippen molar-refractivity contribution in [3.63, 3.8) is 0 Å². The molecule has 2 N–H and O–H groups in total. The maximum atomic E-state index is 12.7. The third-order valence-electron chi connectivity index (χ3n) is 3.59. The highest BCUT2D eigenvalue weighted by Gasteiger charge is 2.30. The zero-order chi connectivity index (χ0) is 17.5. The van der Waals surface area contributed by atoms with Crippen LogP contribution in [-0.2, 0) is 17.4 Å². The number of benzene rings is 1. The molecule has 0 aliphatic rings. The van der Waals surface area contributed by atoms with E-state index in [-0.39, 0.29) is 23.8 Å². The molecule has 0 unspecified atom stereocenters. The van der Waals surface area contributed by atoms with Gasteiger partial charge in [0.05, 0.1) is 28.7 Å². The highest BCUT2D eigenvalue weighted by Crippen LogP contribution is 2.31. The summed E-state index contributed by atoms with van der Waals surface area (Å²) >= 11 is 0. The summed E-state index contributed by atoms with van der Waals surface area (Å²) in [6.07, 6.45) is -4.40. The summed E-state index contributed by atoms with van der Waals surface area (Å²) in [6, 6.07) is 3.14. The van der Waals surface area contributed by atoms with Gasteiger partial charge in [0.25, 0.3) is 0 Å². The Morgan fingerprint density at radius 2 is 2.08 bits per heavy atom. The number of halogens is 3. The lowest BCUT2D eigenvalue weighted by atomic mass is 10.1. The van der Waals surface area contributed by atoms with Crippen molar-refractivity contribution < 1.29 is 22.5 Å². The van der Waals surface area contributed by atoms with Crippen molar-refractivity contribution in [3.8, 4) is 0 Å². The van der Waals surface area contributed by atoms with E-state index in [1.54, 1.807) is 13.8 Å². The molecular formula is C15H13F3N4O2. The SMILES string of the molecule is Cc1noc(C)c1CC(=O)Nc1nc2ccc(C(F)(F)F)cc2[nH]1. The smallest absolute Gasteiger partial charge is 0.361 e. The Bertz CT molecular complexity index is 892. The first-order chi connectivity index (χ1) is 11.2. The Morgan fingerprint density at radius 1 is 1.33 bits per heavy atom. The lowest BCUT2D eigenvalue weighted by Gasteiger charge is -2.05. The minimum Gasteiger partial charge on any atom is -0.361 e. The van der Waals surface area contributed by atoms with E-state index in [9.17, 15) is 18.0 Å². The molecule has 126 valence electrons. The zero-order valence-electron chi connectivity index (χ0n) is 12.8. The van der Waals surface area contributed by atoms with Gasteiger partial charge in [-0.3, -0.25) is 10.1 Å². The molecule has 0 spiro atoms. The molecule has 0 bridgehead atoms. The van der Waals surface area contributed by atoms with Gasteiger partial charge in [-0.05, 0) is 32.0 Å². The van der Waals surface area contributed by atoms with Crippen LogP contribution in [0.1, 0.15) is 22.6 Å². The summed E-state index contributed by atoms with van der Waals surface area (Å²) in [5.74, 6) is 0.252. The number of nitrogens with zero attached hydrogens (tertiary/aromatic N) is 2. The molecular weight excluding hydrogens is 325 g/mol. The van der Waals surface area contributed by atoms with Crippen LogP contribution in [0.5, 0.6) is 0 Å². The molecule has 2 aromatic heterocycles. The van der Waals surface area contributed by atoms with Crippen molar-refractivity contribution in [2.45, 2.75) is 26.4 Å². The van der Waals surface area contributed by atoms with Gasteiger partial charge in [0.2, 0.25) is 11.9 Å². The summed E-state index contributed by atoms with van der Waals surface area (Å²) in [7, 11) is 0. The van der Waals surface area contributed by atoms with Gasteiger partial charge >= 0.3 is 6.18 Å². The molecule has 9 heteroatoms. The fraction of sp³-hybridized carbons (Fsp3) is 0.267. The van der Waals surface area contributed by atoms with Gasteiger partial charge in [0.1, 0.15) is 5.76 Å². The summed E-state index contributed by atoms with van der Waals surface area (Å²) in [5.41, 5.74) is 1.02. The number of H-pyrrole nitrogens is 1. The Labute approximate surface area is 134 Å². The van der Waals surface area contributed by atoms with Crippen LogP contribution < -0.4 is 5.32 Å². The number of imidazole rings is 1. The average molecular weight is 338 g/mol. The third kappa shape index (κ3) is 3.10. The van der Waals surface area contributed by atoms with Crippen LogP contribution in [0, 0.1) is 13.8 Å². The van der Waals surface area contributed by atoms with Crippen molar-refractivity contribution in [2.75, 3.05) is 5.32 Å². The molecule has 0 atom stereocenters. The van der Waals surface area contributed by atoms with E-state index >= 15 is 0 Å². The van der Waals surface area contributed by atoms with Crippen LogP contribution in [0.3, 0.4) is 0 Å². The highest BCUT2D eigenvalue weighted by atomic mass is 19.4. The lowest BCUT2D eigenvalue weighted by molar-refractivity contribution is -0.137. The van der Waals surface area contributed by atoms with E-state index in [1.807, 2.05) is 0 Å². The van der Waals surface area contributed by atoms with Crippen LogP contribution in [0.4, 0.5) is 19.1 Å². The Morgan fingerprint density at radius 3 is 2.71 bits per heavy atom. The molecule has 24 heavy (non-hydrogen) atoms. The predicted molar refractivity (Wildman–Crippen MR) is 79.4 cm³/mol. The van der Waals surface area contributed by atoms with Crippen molar-refractivity contribution in [2.24, 2.45) is 0 Å². The highest BCUT2D eigenvalue weighted by molar-refractivity contribution is 5.92. The molecule has 0 saturated carbocycles. The number of anilines is 1. The molecule has 0 fully saturated rings. The maximum absolute atomic E-state index is 12.7. The number of aromatic amines is 1. The van der Waals surface area contributed by atoms with E-state index < -0.39 is 11.7 Å².